The molecule has 0 saturated carbocycles. The third-order valence-corrected chi connectivity index (χ3v) is 1.62. The van der Waals surface area contributed by atoms with Crippen LogP contribution in [0.2, 0.25) is 0 Å². The highest BCUT2D eigenvalue weighted by Crippen LogP contribution is 2.06. The minimum absolute atomic E-state index is 0.208. The van der Waals surface area contributed by atoms with E-state index in [2.05, 4.69) is 9.97 Å². The largest absolute Gasteiger partial charge is 0.493 e. The molecule has 0 aromatic carbocycles. The Morgan fingerprint density at radius 3 is 2.85 bits per heavy atom. The molecule has 0 bridgehead atoms. The first-order chi connectivity index (χ1) is 6.15. The molecule has 0 unspecified atom stereocenters. The summed E-state index contributed by atoms with van der Waals surface area (Å²) in [6.45, 7) is 4.09. The summed E-state index contributed by atoms with van der Waals surface area (Å²) in [7, 11) is 0. The highest BCUT2D eigenvalue weighted by molar-refractivity contribution is 5.19. The predicted molar refractivity (Wildman–Crippen MR) is 46.6 cm³/mol. The maximum Gasteiger partial charge on any atom is 0.257 e. The van der Waals surface area contributed by atoms with Gasteiger partial charge in [0.2, 0.25) is 5.88 Å². The van der Waals surface area contributed by atoms with Gasteiger partial charge >= 0.3 is 0 Å². The molecule has 2 N–H and O–H groups in total. The van der Waals surface area contributed by atoms with Crippen molar-refractivity contribution >= 4 is 0 Å². The van der Waals surface area contributed by atoms with Gasteiger partial charge in [-0.25, -0.2) is 0 Å². The van der Waals surface area contributed by atoms with Crippen LogP contribution in [0.4, 0.5) is 0 Å². The van der Waals surface area contributed by atoms with Crippen LogP contribution in [0.3, 0.4) is 0 Å². The number of aromatic amines is 1. The van der Waals surface area contributed by atoms with Crippen LogP contribution in [0.1, 0.15) is 18.3 Å². The average molecular weight is 184 g/mol. The number of ether oxygens (including phenoxy) is 1. The second kappa shape index (κ2) is 4.04. The second-order valence-electron chi connectivity index (χ2n) is 2.60. The fourth-order valence-electron chi connectivity index (χ4n) is 0.833. The zero-order chi connectivity index (χ0) is 9.84. The van der Waals surface area contributed by atoms with Crippen LogP contribution in [-0.4, -0.2) is 21.7 Å². The fraction of sp³-hybridized carbons (Fsp3) is 0.500. The molecular formula is C8H12N2O3. The van der Waals surface area contributed by atoms with Crippen molar-refractivity contribution in [2.24, 2.45) is 0 Å². The smallest absolute Gasteiger partial charge is 0.257 e. The van der Waals surface area contributed by atoms with E-state index in [0.29, 0.717) is 12.4 Å². The van der Waals surface area contributed by atoms with Crippen molar-refractivity contribution in [3.05, 3.63) is 21.7 Å². The normalized spacial score (nSPS) is 10.3. The molecule has 0 radical (unpaired) electrons. The third kappa shape index (κ3) is 2.29. The molecule has 5 heteroatoms. The van der Waals surface area contributed by atoms with Gasteiger partial charge < -0.3 is 14.8 Å². The molecule has 0 aliphatic heterocycles. The van der Waals surface area contributed by atoms with E-state index in [1.54, 1.807) is 0 Å². The first-order valence-corrected chi connectivity index (χ1v) is 4.01. The third-order valence-electron chi connectivity index (χ3n) is 1.62. The van der Waals surface area contributed by atoms with Gasteiger partial charge in [0.05, 0.1) is 5.56 Å². The zero-order valence-electron chi connectivity index (χ0n) is 7.63. The maximum absolute atomic E-state index is 11.1. The number of hydrogen-bond acceptors (Lipinski definition) is 4. The van der Waals surface area contributed by atoms with Crippen LogP contribution in [0.25, 0.3) is 0 Å². The van der Waals surface area contributed by atoms with E-state index in [1.807, 2.05) is 6.92 Å². The van der Waals surface area contributed by atoms with Crippen LogP contribution in [0, 0.1) is 6.92 Å². The quantitative estimate of drug-likeness (QED) is 0.709. The Labute approximate surface area is 75.4 Å². The maximum atomic E-state index is 11.1. The molecule has 1 rings (SSSR count). The van der Waals surface area contributed by atoms with Crippen molar-refractivity contribution in [2.75, 3.05) is 6.61 Å². The van der Waals surface area contributed by atoms with Gasteiger partial charge in [-0.2, -0.15) is 4.98 Å². The standard InChI is InChI=1S/C8H12N2O3/c1-3-13-4-6-9-7(11)5(2)8(12)10-6/h3-4H2,1-2H3,(H2,9,10,11,12). The van der Waals surface area contributed by atoms with Crippen molar-refractivity contribution in [1.29, 1.82) is 0 Å². The Morgan fingerprint density at radius 2 is 2.31 bits per heavy atom. The van der Waals surface area contributed by atoms with E-state index in [4.69, 9.17) is 4.74 Å². The topological polar surface area (TPSA) is 75.2 Å². The van der Waals surface area contributed by atoms with Gasteiger partial charge in [-0.05, 0) is 13.8 Å². The zero-order valence-corrected chi connectivity index (χ0v) is 7.63. The molecule has 0 saturated heterocycles. The molecule has 0 aliphatic rings. The molecule has 0 aliphatic carbocycles. The van der Waals surface area contributed by atoms with Gasteiger partial charge in [0.1, 0.15) is 12.4 Å². The van der Waals surface area contributed by atoms with Crippen molar-refractivity contribution in [3.63, 3.8) is 0 Å². The van der Waals surface area contributed by atoms with Crippen LogP contribution in [0.5, 0.6) is 5.88 Å². The van der Waals surface area contributed by atoms with E-state index in [0.717, 1.165) is 0 Å². The van der Waals surface area contributed by atoms with Crippen molar-refractivity contribution in [2.45, 2.75) is 20.5 Å². The van der Waals surface area contributed by atoms with Gasteiger partial charge in [0.25, 0.3) is 5.56 Å². The molecule has 1 aromatic heterocycles. The summed E-state index contributed by atoms with van der Waals surface area (Å²) in [6.07, 6.45) is 0. The lowest BCUT2D eigenvalue weighted by Crippen LogP contribution is -2.14. The summed E-state index contributed by atoms with van der Waals surface area (Å²) in [5.74, 6) is 0.105. The Morgan fingerprint density at radius 1 is 1.62 bits per heavy atom. The number of nitrogens with one attached hydrogen (secondary N) is 1. The Kier molecular flexibility index (Phi) is 3.02. The fourth-order valence-corrected chi connectivity index (χ4v) is 0.833. The lowest BCUT2D eigenvalue weighted by atomic mass is 10.3. The molecule has 0 spiro atoms. The molecule has 0 fully saturated rings. The number of aromatic nitrogens is 2. The number of aromatic hydroxyl groups is 1. The van der Waals surface area contributed by atoms with Crippen molar-refractivity contribution < 1.29 is 9.84 Å². The molecule has 5 nitrogen and oxygen atoms in total. The number of H-pyrrole nitrogens is 1. The second-order valence-corrected chi connectivity index (χ2v) is 2.60. The Balaban J connectivity index is 2.93. The SMILES string of the molecule is CCOCc1nc(O)c(C)c(=O)[nH]1. The summed E-state index contributed by atoms with van der Waals surface area (Å²) >= 11 is 0. The highest BCUT2D eigenvalue weighted by Gasteiger charge is 2.04. The number of hydrogen-bond donors (Lipinski definition) is 2. The summed E-state index contributed by atoms with van der Waals surface area (Å²) in [6, 6.07) is 0. The monoisotopic (exact) mass is 184 g/mol. The summed E-state index contributed by atoms with van der Waals surface area (Å²) in [5.41, 5.74) is -0.109. The molecule has 1 heterocycles. The van der Waals surface area contributed by atoms with Crippen LogP contribution < -0.4 is 5.56 Å². The van der Waals surface area contributed by atoms with E-state index in [1.165, 1.54) is 6.92 Å². The summed E-state index contributed by atoms with van der Waals surface area (Å²) in [4.78, 5) is 17.4. The molecular weight excluding hydrogens is 172 g/mol. The molecule has 0 amide bonds. The molecule has 1 aromatic rings. The van der Waals surface area contributed by atoms with Gasteiger partial charge in [0, 0.05) is 6.61 Å². The van der Waals surface area contributed by atoms with Gasteiger partial charge in [0.15, 0.2) is 0 Å². The van der Waals surface area contributed by atoms with E-state index >= 15 is 0 Å². The summed E-state index contributed by atoms with van der Waals surface area (Å²) < 4.78 is 5.03. The minimum Gasteiger partial charge on any atom is -0.493 e. The molecule has 13 heavy (non-hydrogen) atoms. The van der Waals surface area contributed by atoms with E-state index in [-0.39, 0.29) is 23.6 Å². The molecule has 72 valence electrons. The lowest BCUT2D eigenvalue weighted by molar-refractivity contribution is 0.127. The number of nitrogens with zero attached hydrogens (tertiary/aromatic N) is 1. The first kappa shape index (κ1) is 9.73. The van der Waals surface area contributed by atoms with Crippen LogP contribution >= 0.6 is 0 Å². The Hall–Kier alpha value is -1.36. The average Bonchev–Trinajstić information content (AvgIpc) is 2.10. The van der Waals surface area contributed by atoms with E-state index < -0.39 is 0 Å². The van der Waals surface area contributed by atoms with Gasteiger partial charge in [-0.1, -0.05) is 0 Å². The lowest BCUT2D eigenvalue weighted by Gasteiger charge is -2.02. The van der Waals surface area contributed by atoms with Gasteiger partial charge in [-0.3, -0.25) is 4.79 Å². The van der Waals surface area contributed by atoms with E-state index in [9.17, 15) is 9.90 Å². The minimum atomic E-state index is -0.331. The van der Waals surface area contributed by atoms with Crippen molar-refractivity contribution in [3.8, 4) is 5.88 Å². The Bertz CT molecular complexity index is 346. The van der Waals surface area contributed by atoms with Crippen molar-refractivity contribution in [1.82, 2.24) is 9.97 Å². The first-order valence-electron chi connectivity index (χ1n) is 4.01. The predicted octanol–water partition coefficient (Wildman–Crippen LogP) is 0.320. The molecule has 0 atom stereocenters. The van der Waals surface area contributed by atoms with Crippen LogP contribution in [-0.2, 0) is 11.3 Å². The summed E-state index contributed by atoms with van der Waals surface area (Å²) in [5, 5.41) is 9.19. The number of rotatable bonds is 3. The highest BCUT2D eigenvalue weighted by atomic mass is 16.5. The van der Waals surface area contributed by atoms with Crippen LogP contribution in [0.15, 0.2) is 4.79 Å². The van der Waals surface area contributed by atoms with Gasteiger partial charge in [-0.15, -0.1) is 0 Å².